The van der Waals surface area contributed by atoms with Gasteiger partial charge in [0.15, 0.2) is 0 Å². The fourth-order valence-electron chi connectivity index (χ4n) is 2.43. The molecule has 0 radical (unpaired) electrons. The number of carboxylic acid groups (broad SMARTS) is 1. The van der Waals surface area contributed by atoms with Gasteiger partial charge in [-0.1, -0.05) is 30.3 Å². The average Bonchev–Trinajstić information content (AvgIpc) is 2.93. The highest BCUT2D eigenvalue weighted by Gasteiger charge is 2.60. The van der Waals surface area contributed by atoms with Crippen LogP contribution >= 0.6 is 0 Å². The van der Waals surface area contributed by atoms with Crippen molar-refractivity contribution in [1.29, 1.82) is 0 Å². The lowest BCUT2D eigenvalue weighted by Crippen LogP contribution is -2.24. The topological polar surface area (TPSA) is 71.4 Å². The monoisotopic (exact) mass is 254 g/mol. The van der Waals surface area contributed by atoms with Gasteiger partial charge in [0.25, 0.3) is 0 Å². The summed E-state index contributed by atoms with van der Waals surface area (Å²) < 4.78 is 22.9. The molecule has 1 fully saturated rings. The van der Waals surface area contributed by atoms with Crippen LogP contribution in [0.3, 0.4) is 0 Å². The lowest BCUT2D eigenvalue weighted by atomic mass is 9.95. The minimum atomic E-state index is -3.20. The number of sulfone groups is 1. The second-order valence-corrected chi connectivity index (χ2v) is 6.83. The molecule has 1 N–H and O–H groups in total. The summed E-state index contributed by atoms with van der Waals surface area (Å²) in [6.07, 6.45) is 1.55. The van der Waals surface area contributed by atoms with Gasteiger partial charge in [-0.3, -0.25) is 4.79 Å². The molecule has 0 aliphatic heterocycles. The molecular formula is C12H14O4S. The molecule has 1 aromatic carbocycles. The van der Waals surface area contributed by atoms with E-state index in [-0.39, 0.29) is 5.75 Å². The molecule has 0 amide bonds. The molecule has 0 spiro atoms. The maximum Gasteiger partial charge on any atom is 0.307 e. The summed E-state index contributed by atoms with van der Waals surface area (Å²) >= 11 is 0. The van der Waals surface area contributed by atoms with Gasteiger partial charge >= 0.3 is 5.97 Å². The number of hydrogen-bond acceptors (Lipinski definition) is 3. The van der Waals surface area contributed by atoms with Gasteiger partial charge in [-0.25, -0.2) is 8.42 Å². The van der Waals surface area contributed by atoms with E-state index in [4.69, 9.17) is 5.11 Å². The third-order valence-electron chi connectivity index (χ3n) is 3.24. The summed E-state index contributed by atoms with van der Waals surface area (Å²) in [7, 11) is -3.20. The van der Waals surface area contributed by atoms with E-state index in [0.717, 1.165) is 11.8 Å². The van der Waals surface area contributed by atoms with Crippen molar-refractivity contribution in [3.05, 3.63) is 35.9 Å². The molecule has 1 saturated carbocycles. The van der Waals surface area contributed by atoms with Gasteiger partial charge in [0.05, 0.1) is 11.7 Å². The number of carbonyl (C=O) groups is 1. The Hall–Kier alpha value is -1.36. The van der Waals surface area contributed by atoms with E-state index in [2.05, 4.69) is 0 Å². The molecular weight excluding hydrogens is 240 g/mol. The zero-order valence-corrected chi connectivity index (χ0v) is 10.3. The fraction of sp³-hybridized carbons (Fsp3) is 0.417. The van der Waals surface area contributed by atoms with Gasteiger partial charge < -0.3 is 5.11 Å². The van der Waals surface area contributed by atoms with Gasteiger partial charge in [-0.05, 0) is 12.0 Å². The highest BCUT2D eigenvalue weighted by molar-refractivity contribution is 7.90. The fourth-order valence-corrected chi connectivity index (χ4v) is 3.85. The van der Waals surface area contributed by atoms with E-state index in [1.54, 1.807) is 24.3 Å². The second kappa shape index (κ2) is 3.84. The maximum atomic E-state index is 11.4. The molecule has 5 heteroatoms. The van der Waals surface area contributed by atoms with E-state index in [0.29, 0.717) is 6.42 Å². The lowest BCUT2D eigenvalue weighted by molar-refractivity contribution is -0.138. The number of hydrogen-bond donors (Lipinski definition) is 1. The molecule has 4 nitrogen and oxygen atoms in total. The van der Waals surface area contributed by atoms with Crippen molar-refractivity contribution >= 4 is 15.8 Å². The molecule has 1 aliphatic carbocycles. The highest BCUT2D eigenvalue weighted by Crippen LogP contribution is 2.55. The van der Waals surface area contributed by atoms with Crippen LogP contribution in [0.15, 0.2) is 30.3 Å². The molecule has 2 atom stereocenters. The normalized spacial score (nSPS) is 27.7. The predicted octanol–water partition coefficient (Wildman–Crippen LogP) is 1.07. The van der Waals surface area contributed by atoms with Crippen molar-refractivity contribution in [3.63, 3.8) is 0 Å². The molecule has 2 rings (SSSR count). The van der Waals surface area contributed by atoms with Crippen LogP contribution in [0, 0.1) is 5.92 Å². The molecule has 2 unspecified atom stereocenters. The average molecular weight is 254 g/mol. The minimum Gasteiger partial charge on any atom is -0.481 e. The summed E-state index contributed by atoms with van der Waals surface area (Å²) in [4.78, 5) is 11.0. The van der Waals surface area contributed by atoms with E-state index in [1.807, 2.05) is 6.07 Å². The van der Waals surface area contributed by atoms with Crippen LogP contribution in [-0.2, 0) is 20.0 Å². The molecule has 1 aromatic rings. The van der Waals surface area contributed by atoms with E-state index >= 15 is 0 Å². The summed E-state index contributed by atoms with van der Waals surface area (Å²) in [6.45, 7) is 0. The molecule has 0 bridgehead atoms. The number of aliphatic carboxylic acids is 1. The van der Waals surface area contributed by atoms with Gasteiger partial charge in [-0.15, -0.1) is 0 Å². The van der Waals surface area contributed by atoms with Crippen molar-refractivity contribution < 1.29 is 18.3 Å². The van der Waals surface area contributed by atoms with Crippen molar-refractivity contribution in [1.82, 2.24) is 0 Å². The lowest BCUT2D eigenvalue weighted by Gasteiger charge is -2.15. The maximum absolute atomic E-state index is 11.4. The Labute approximate surface area is 100 Å². The Kier molecular flexibility index (Phi) is 2.73. The first-order valence-electron chi connectivity index (χ1n) is 5.31. The smallest absolute Gasteiger partial charge is 0.307 e. The zero-order valence-electron chi connectivity index (χ0n) is 9.46. The Morgan fingerprint density at radius 1 is 1.41 bits per heavy atom. The SMILES string of the molecule is CS(=O)(=O)CC1(c2ccccc2)CC1C(=O)O. The van der Waals surface area contributed by atoms with Crippen LogP contribution in [-0.4, -0.2) is 31.5 Å². The Balaban J connectivity index is 2.38. The van der Waals surface area contributed by atoms with Crippen LogP contribution < -0.4 is 0 Å². The van der Waals surface area contributed by atoms with E-state index in [1.165, 1.54) is 0 Å². The molecule has 0 heterocycles. The first-order chi connectivity index (χ1) is 7.85. The van der Waals surface area contributed by atoms with Crippen LogP contribution in [0.4, 0.5) is 0 Å². The standard InChI is InChI=1S/C12H14O4S/c1-17(15,16)8-12(7-10(12)11(13)14)9-5-3-2-4-6-9/h2-6,10H,7-8H2,1H3,(H,13,14). The van der Waals surface area contributed by atoms with Crippen molar-refractivity contribution in [2.75, 3.05) is 12.0 Å². The Morgan fingerprint density at radius 2 is 2.00 bits per heavy atom. The third-order valence-corrected chi connectivity index (χ3v) is 4.28. The van der Waals surface area contributed by atoms with Crippen molar-refractivity contribution in [2.24, 2.45) is 5.92 Å². The van der Waals surface area contributed by atoms with Crippen LogP contribution in [0.1, 0.15) is 12.0 Å². The Morgan fingerprint density at radius 3 is 2.41 bits per heavy atom. The quantitative estimate of drug-likeness (QED) is 0.872. The zero-order chi connectivity index (χ0) is 12.7. The summed E-state index contributed by atoms with van der Waals surface area (Å²) in [6, 6.07) is 9.03. The Bertz CT molecular complexity index is 535. The van der Waals surface area contributed by atoms with Gasteiger partial charge in [0.2, 0.25) is 0 Å². The summed E-state index contributed by atoms with van der Waals surface area (Å²) in [5.41, 5.74) is 0.0820. The van der Waals surface area contributed by atoms with Gasteiger partial charge in [-0.2, -0.15) is 0 Å². The minimum absolute atomic E-state index is 0.0963. The highest BCUT2D eigenvalue weighted by atomic mass is 32.2. The molecule has 0 aromatic heterocycles. The number of benzene rings is 1. The number of carboxylic acids is 1. The van der Waals surface area contributed by atoms with Crippen molar-refractivity contribution in [2.45, 2.75) is 11.8 Å². The molecule has 17 heavy (non-hydrogen) atoms. The first-order valence-corrected chi connectivity index (χ1v) is 7.37. The van der Waals surface area contributed by atoms with E-state index in [9.17, 15) is 13.2 Å². The molecule has 1 aliphatic rings. The summed E-state index contributed by atoms with van der Waals surface area (Å²) in [5.74, 6) is -1.60. The third kappa shape index (κ3) is 2.34. The van der Waals surface area contributed by atoms with E-state index < -0.39 is 27.1 Å². The molecule has 92 valence electrons. The predicted molar refractivity (Wildman–Crippen MR) is 63.6 cm³/mol. The van der Waals surface area contributed by atoms with Gasteiger partial charge in [0.1, 0.15) is 9.84 Å². The van der Waals surface area contributed by atoms with Crippen LogP contribution in [0.25, 0.3) is 0 Å². The first kappa shape index (κ1) is 12.1. The van der Waals surface area contributed by atoms with Gasteiger partial charge in [0, 0.05) is 11.7 Å². The van der Waals surface area contributed by atoms with Crippen LogP contribution in [0.5, 0.6) is 0 Å². The molecule has 0 saturated heterocycles. The largest absolute Gasteiger partial charge is 0.481 e. The number of rotatable bonds is 4. The second-order valence-electron chi connectivity index (χ2n) is 4.69. The van der Waals surface area contributed by atoms with Crippen molar-refractivity contribution in [3.8, 4) is 0 Å². The summed E-state index contributed by atoms with van der Waals surface area (Å²) in [5, 5.41) is 9.05. The van der Waals surface area contributed by atoms with Crippen LogP contribution in [0.2, 0.25) is 0 Å².